The lowest BCUT2D eigenvalue weighted by Crippen LogP contribution is -2.18. The van der Waals surface area contributed by atoms with Gasteiger partial charge in [0.15, 0.2) is 0 Å². The first-order valence-electron chi connectivity index (χ1n) is 14.2. The molecule has 0 bridgehead atoms. The highest BCUT2D eigenvalue weighted by Crippen LogP contribution is 2.41. The van der Waals surface area contributed by atoms with Crippen LogP contribution in [0.4, 0.5) is 17.1 Å². The fourth-order valence-electron chi connectivity index (χ4n) is 4.06. The van der Waals surface area contributed by atoms with Gasteiger partial charge in [0.25, 0.3) is 0 Å². The molecule has 0 aliphatic heterocycles. The Labute approximate surface area is 233 Å². The molecular formula is C35H54N2O. The number of benzene rings is 3. The van der Waals surface area contributed by atoms with E-state index >= 15 is 0 Å². The Bertz CT molecular complexity index is 1060. The van der Waals surface area contributed by atoms with Crippen molar-refractivity contribution in [1.29, 1.82) is 0 Å². The fraction of sp³-hybridized carbons (Fsp3) is 0.486. The van der Waals surface area contributed by atoms with Gasteiger partial charge in [-0.1, -0.05) is 107 Å². The van der Waals surface area contributed by atoms with Crippen LogP contribution in [0.5, 0.6) is 5.75 Å². The third kappa shape index (κ3) is 10.4. The third-order valence-electron chi connectivity index (χ3n) is 6.21. The van der Waals surface area contributed by atoms with E-state index in [1.165, 1.54) is 11.1 Å². The molecule has 3 heteroatoms. The highest BCUT2D eigenvalue weighted by Gasteiger charge is 2.26. The highest BCUT2D eigenvalue weighted by atomic mass is 16.3. The number of nitrogen functional groups attached to an aromatic ring is 1. The number of hydrogen-bond acceptors (Lipinski definition) is 3. The van der Waals surface area contributed by atoms with Gasteiger partial charge in [0, 0.05) is 17.1 Å². The van der Waals surface area contributed by atoms with Gasteiger partial charge in [0.1, 0.15) is 5.75 Å². The van der Waals surface area contributed by atoms with E-state index < -0.39 is 0 Å². The van der Waals surface area contributed by atoms with Crippen LogP contribution in [-0.2, 0) is 17.3 Å². The van der Waals surface area contributed by atoms with Crippen LogP contribution in [0.25, 0.3) is 0 Å². The van der Waals surface area contributed by atoms with Crippen LogP contribution in [0.15, 0.2) is 60.7 Å². The zero-order valence-electron chi connectivity index (χ0n) is 26.2. The normalized spacial score (nSPS) is 11.4. The molecule has 0 aliphatic rings. The van der Waals surface area contributed by atoms with Gasteiger partial charge in [-0.25, -0.2) is 0 Å². The smallest absolute Gasteiger partial charge is 0.123 e. The second-order valence-corrected chi connectivity index (χ2v) is 12.7. The number of nitrogens with two attached hydrogens (primary N) is 1. The van der Waals surface area contributed by atoms with Gasteiger partial charge < -0.3 is 16.2 Å². The third-order valence-corrected chi connectivity index (χ3v) is 6.21. The predicted octanol–water partition coefficient (Wildman–Crippen LogP) is 10.3. The number of phenolic OH excluding ortho intramolecular Hbond substituents is 1. The Morgan fingerprint density at radius 3 is 1.45 bits per heavy atom. The summed E-state index contributed by atoms with van der Waals surface area (Å²) in [5, 5.41) is 13.9. The van der Waals surface area contributed by atoms with E-state index in [0.29, 0.717) is 17.6 Å². The van der Waals surface area contributed by atoms with Crippen molar-refractivity contribution in [3.05, 3.63) is 82.9 Å². The molecule has 0 saturated heterocycles. The SMILES string of the molecule is CC.CC(C)Cc1ccc(Nc2ccc(N)cc2)cc1.CC(C)c1cc(C(C)(C)C)c(O)c(C(C)(C)C)c1. The minimum Gasteiger partial charge on any atom is -0.507 e. The van der Waals surface area contributed by atoms with E-state index in [2.05, 4.69) is 111 Å². The number of hydrogen-bond donors (Lipinski definition) is 3. The number of phenols is 1. The van der Waals surface area contributed by atoms with Crippen molar-refractivity contribution in [2.45, 2.75) is 106 Å². The maximum Gasteiger partial charge on any atom is 0.123 e. The molecule has 0 unspecified atom stereocenters. The van der Waals surface area contributed by atoms with Crippen LogP contribution < -0.4 is 11.1 Å². The number of anilines is 3. The summed E-state index contributed by atoms with van der Waals surface area (Å²) in [5.41, 5.74) is 13.3. The summed E-state index contributed by atoms with van der Waals surface area (Å²) in [6.07, 6.45) is 1.13. The van der Waals surface area contributed by atoms with Crippen LogP contribution in [0.2, 0.25) is 0 Å². The lowest BCUT2D eigenvalue weighted by atomic mass is 9.77. The van der Waals surface area contributed by atoms with E-state index in [1.807, 2.05) is 38.1 Å². The largest absolute Gasteiger partial charge is 0.507 e. The molecule has 3 nitrogen and oxygen atoms in total. The van der Waals surface area contributed by atoms with Crippen molar-refractivity contribution in [2.24, 2.45) is 5.92 Å². The Morgan fingerprint density at radius 2 is 1.11 bits per heavy atom. The molecule has 0 fully saturated rings. The summed E-state index contributed by atoms with van der Waals surface area (Å²) in [4.78, 5) is 0. The van der Waals surface area contributed by atoms with Crippen LogP contribution in [0, 0.1) is 5.92 Å². The zero-order valence-corrected chi connectivity index (χ0v) is 26.2. The molecule has 0 atom stereocenters. The van der Waals surface area contributed by atoms with Crippen molar-refractivity contribution >= 4 is 17.1 Å². The Balaban J connectivity index is 0.000000357. The van der Waals surface area contributed by atoms with Crippen molar-refractivity contribution in [3.63, 3.8) is 0 Å². The van der Waals surface area contributed by atoms with Crippen LogP contribution in [0.1, 0.15) is 111 Å². The number of rotatable bonds is 5. The summed E-state index contributed by atoms with van der Waals surface area (Å²) in [5.74, 6) is 1.65. The monoisotopic (exact) mass is 518 g/mol. The van der Waals surface area contributed by atoms with Crippen molar-refractivity contribution in [3.8, 4) is 5.75 Å². The molecule has 210 valence electrons. The van der Waals surface area contributed by atoms with E-state index in [1.54, 1.807) is 0 Å². The maximum atomic E-state index is 10.6. The van der Waals surface area contributed by atoms with Crippen molar-refractivity contribution < 1.29 is 5.11 Å². The van der Waals surface area contributed by atoms with Crippen LogP contribution >= 0.6 is 0 Å². The molecule has 0 heterocycles. The Kier molecular flexibility index (Phi) is 12.4. The topological polar surface area (TPSA) is 58.3 Å². The molecule has 4 N–H and O–H groups in total. The molecule has 3 aromatic carbocycles. The lowest BCUT2D eigenvalue weighted by Gasteiger charge is -2.29. The van der Waals surface area contributed by atoms with Gasteiger partial charge in [-0.15, -0.1) is 0 Å². The summed E-state index contributed by atoms with van der Waals surface area (Å²) in [6, 6.07) is 20.7. The van der Waals surface area contributed by atoms with Crippen LogP contribution in [0.3, 0.4) is 0 Å². The molecule has 0 amide bonds. The molecule has 3 aromatic rings. The minimum atomic E-state index is -0.0328. The fourth-order valence-corrected chi connectivity index (χ4v) is 4.06. The quantitative estimate of drug-likeness (QED) is 0.294. The Morgan fingerprint density at radius 1 is 0.711 bits per heavy atom. The zero-order chi connectivity index (χ0) is 29.3. The molecule has 38 heavy (non-hydrogen) atoms. The van der Waals surface area contributed by atoms with Gasteiger partial charge in [-0.3, -0.25) is 0 Å². The first kappa shape index (κ1) is 33.1. The van der Waals surface area contributed by atoms with Gasteiger partial charge in [-0.2, -0.15) is 0 Å². The first-order valence-corrected chi connectivity index (χ1v) is 14.2. The van der Waals surface area contributed by atoms with Crippen molar-refractivity contribution in [2.75, 3.05) is 11.1 Å². The summed E-state index contributed by atoms with van der Waals surface area (Å²) < 4.78 is 0. The standard InChI is InChI=1S/C17H28O.C16H20N2.C2H6/c1-11(2)12-9-13(16(3,4)5)15(18)14(10-12)17(6,7)8;1-12(2)11-13-3-7-15(8-4-13)18-16-9-5-14(17)6-10-16;1-2/h9-11,18H,1-8H3;3-10,12,18H,11,17H2,1-2H3;1-2H3. The number of nitrogens with one attached hydrogen (secondary N) is 1. The van der Waals surface area contributed by atoms with E-state index in [4.69, 9.17) is 5.73 Å². The summed E-state index contributed by atoms with van der Waals surface area (Å²) in [7, 11) is 0. The van der Waals surface area contributed by atoms with E-state index in [0.717, 1.165) is 34.6 Å². The Hall–Kier alpha value is -2.94. The summed E-state index contributed by atoms with van der Waals surface area (Å²) in [6.45, 7) is 25.8. The van der Waals surface area contributed by atoms with Gasteiger partial charge in [0.2, 0.25) is 0 Å². The molecular weight excluding hydrogens is 464 g/mol. The van der Waals surface area contributed by atoms with E-state index in [9.17, 15) is 5.11 Å². The average Bonchev–Trinajstić information content (AvgIpc) is 2.81. The van der Waals surface area contributed by atoms with E-state index in [-0.39, 0.29) is 10.8 Å². The van der Waals surface area contributed by atoms with Gasteiger partial charge in [-0.05, 0) is 87.7 Å². The maximum absolute atomic E-state index is 10.6. The molecule has 0 radical (unpaired) electrons. The number of aromatic hydroxyl groups is 1. The van der Waals surface area contributed by atoms with Crippen LogP contribution in [-0.4, -0.2) is 5.11 Å². The molecule has 0 saturated carbocycles. The average molecular weight is 519 g/mol. The second-order valence-electron chi connectivity index (χ2n) is 12.7. The first-order chi connectivity index (χ1) is 17.6. The predicted molar refractivity (Wildman–Crippen MR) is 170 cm³/mol. The molecule has 0 aromatic heterocycles. The highest BCUT2D eigenvalue weighted by molar-refractivity contribution is 5.62. The lowest BCUT2D eigenvalue weighted by molar-refractivity contribution is 0.422. The second kappa shape index (κ2) is 14.3. The molecule has 0 spiro atoms. The van der Waals surface area contributed by atoms with Gasteiger partial charge in [0.05, 0.1) is 0 Å². The van der Waals surface area contributed by atoms with Crippen molar-refractivity contribution in [1.82, 2.24) is 0 Å². The summed E-state index contributed by atoms with van der Waals surface area (Å²) >= 11 is 0. The molecule has 3 rings (SSSR count). The van der Waals surface area contributed by atoms with Gasteiger partial charge >= 0.3 is 0 Å². The minimum absolute atomic E-state index is 0.0328. The molecule has 0 aliphatic carbocycles.